The number of aromatic nitrogens is 3. The number of nitrogens with two attached hydrogens (primary N) is 1. The summed E-state index contributed by atoms with van der Waals surface area (Å²) in [6.45, 7) is 4.18. The monoisotopic (exact) mass is 475 g/mol. The van der Waals surface area contributed by atoms with E-state index in [1.54, 1.807) is 18.1 Å². The maximum Gasteiger partial charge on any atom is 0.254 e. The van der Waals surface area contributed by atoms with Crippen molar-refractivity contribution in [1.29, 1.82) is 0 Å². The zero-order valence-corrected chi connectivity index (χ0v) is 19.6. The molecule has 2 N–H and O–H groups in total. The van der Waals surface area contributed by atoms with Crippen LogP contribution in [0.1, 0.15) is 59.2 Å². The summed E-state index contributed by atoms with van der Waals surface area (Å²) in [6, 6.07) is 13.6. The SMILES string of the molecule is Cc1coc(C2CCCN2C(=O)c2ccc(F)c(-c3nnc([C@](C)(N)Cc4ccccc4)o3)c2)n1. The molecule has 0 aliphatic carbocycles. The third kappa shape index (κ3) is 4.59. The van der Waals surface area contributed by atoms with E-state index in [1.807, 2.05) is 37.3 Å². The van der Waals surface area contributed by atoms with Crippen LogP contribution in [0, 0.1) is 12.7 Å². The summed E-state index contributed by atoms with van der Waals surface area (Å²) in [4.78, 5) is 19.4. The first-order valence-electron chi connectivity index (χ1n) is 11.5. The minimum Gasteiger partial charge on any atom is -0.446 e. The Hall–Kier alpha value is -3.85. The van der Waals surface area contributed by atoms with E-state index in [0.29, 0.717) is 24.4 Å². The largest absolute Gasteiger partial charge is 0.446 e. The van der Waals surface area contributed by atoms with Crippen molar-refractivity contribution in [1.82, 2.24) is 20.1 Å². The summed E-state index contributed by atoms with van der Waals surface area (Å²) in [5, 5.41) is 8.12. The molecule has 4 aromatic rings. The summed E-state index contributed by atoms with van der Waals surface area (Å²) >= 11 is 0. The van der Waals surface area contributed by atoms with Gasteiger partial charge < -0.3 is 19.5 Å². The standard InChI is InChI=1S/C26H26FN5O3/c1-16-15-34-23(29-16)21-9-6-12-32(21)24(33)18-10-11-20(27)19(13-18)22-30-31-25(35-22)26(2,28)14-17-7-4-3-5-8-17/h3-5,7-8,10-11,13,15,21H,6,9,12,14,28H2,1-2H3/t21?,26-/m1/s1. The summed E-state index contributed by atoms with van der Waals surface area (Å²) in [5.41, 5.74) is 7.65. The van der Waals surface area contributed by atoms with Crippen LogP contribution in [0.25, 0.3) is 11.5 Å². The number of halogens is 1. The second kappa shape index (κ2) is 9.07. The number of benzene rings is 2. The molecule has 3 heterocycles. The highest BCUT2D eigenvalue weighted by molar-refractivity contribution is 5.95. The third-order valence-electron chi connectivity index (χ3n) is 6.21. The molecule has 0 radical (unpaired) electrons. The van der Waals surface area contributed by atoms with Crippen LogP contribution in [0.2, 0.25) is 0 Å². The van der Waals surface area contributed by atoms with Gasteiger partial charge in [0.15, 0.2) is 0 Å². The topological polar surface area (TPSA) is 111 Å². The molecule has 1 aliphatic heterocycles. The lowest BCUT2D eigenvalue weighted by Crippen LogP contribution is -2.35. The van der Waals surface area contributed by atoms with Crippen molar-refractivity contribution in [2.45, 2.75) is 44.7 Å². The lowest BCUT2D eigenvalue weighted by molar-refractivity contribution is 0.0715. The molecular formula is C26H26FN5O3. The fourth-order valence-electron chi connectivity index (χ4n) is 4.44. The fourth-order valence-corrected chi connectivity index (χ4v) is 4.44. The number of carbonyl (C=O) groups excluding carboxylic acids is 1. The third-order valence-corrected chi connectivity index (χ3v) is 6.21. The quantitative estimate of drug-likeness (QED) is 0.435. The molecule has 0 spiro atoms. The molecule has 1 aliphatic rings. The maximum absolute atomic E-state index is 14.8. The van der Waals surface area contributed by atoms with E-state index in [9.17, 15) is 9.18 Å². The molecule has 9 heteroatoms. The van der Waals surface area contributed by atoms with E-state index in [4.69, 9.17) is 14.6 Å². The first-order valence-corrected chi connectivity index (χ1v) is 11.5. The van der Waals surface area contributed by atoms with Crippen LogP contribution in [0.5, 0.6) is 0 Å². The van der Waals surface area contributed by atoms with Gasteiger partial charge in [0.1, 0.15) is 18.1 Å². The van der Waals surface area contributed by atoms with Crippen LogP contribution in [0.3, 0.4) is 0 Å². The van der Waals surface area contributed by atoms with Crippen molar-refractivity contribution in [2.24, 2.45) is 5.73 Å². The van der Waals surface area contributed by atoms with Gasteiger partial charge in [0.2, 0.25) is 11.8 Å². The molecular weight excluding hydrogens is 449 g/mol. The van der Waals surface area contributed by atoms with E-state index in [2.05, 4.69) is 15.2 Å². The predicted molar refractivity (Wildman–Crippen MR) is 126 cm³/mol. The molecule has 5 rings (SSSR count). The summed E-state index contributed by atoms with van der Waals surface area (Å²) in [7, 11) is 0. The number of hydrogen-bond donors (Lipinski definition) is 1. The molecule has 8 nitrogen and oxygen atoms in total. The predicted octanol–water partition coefficient (Wildman–Crippen LogP) is 4.57. The van der Waals surface area contributed by atoms with Gasteiger partial charge in [0, 0.05) is 12.1 Å². The Morgan fingerprint density at radius 3 is 2.77 bits per heavy atom. The summed E-state index contributed by atoms with van der Waals surface area (Å²) < 4.78 is 26.1. The van der Waals surface area contributed by atoms with Gasteiger partial charge >= 0.3 is 0 Å². The van der Waals surface area contributed by atoms with Gasteiger partial charge in [0.05, 0.1) is 16.8 Å². The minimum absolute atomic E-state index is 0.0295. The molecule has 0 saturated carbocycles. The second-order valence-corrected chi connectivity index (χ2v) is 9.17. The molecule has 2 atom stereocenters. The minimum atomic E-state index is -0.951. The number of carbonyl (C=O) groups is 1. The molecule has 180 valence electrons. The van der Waals surface area contributed by atoms with Gasteiger partial charge in [-0.1, -0.05) is 30.3 Å². The fraction of sp³-hybridized carbons (Fsp3) is 0.308. The van der Waals surface area contributed by atoms with Crippen LogP contribution in [-0.4, -0.2) is 32.5 Å². The van der Waals surface area contributed by atoms with Gasteiger partial charge in [-0.25, -0.2) is 9.37 Å². The number of amides is 1. The summed E-state index contributed by atoms with van der Waals surface area (Å²) in [5.74, 6) is -0.140. The van der Waals surface area contributed by atoms with Gasteiger partial charge in [-0.2, -0.15) is 0 Å². The molecule has 2 aromatic carbocycles. The first-order chi connectivity index (χ1) is 16.8. The van der Waals surface area contributed by atoms with Crippen molar-refractivity contribution in [2.75, 3.05) is 6.54 Å². The lowest BCUT2D eigenvalue weighted by atomic mass is 9.94. The summed E-state index contributed by atoms with van der Waals surface area (Å²) in [6.07, 6.45) is 3.62. The van der Waals surface area contributed by atoms with Crippen LogP contribution in [0.15, 0.2) is 63.6 Å². The van der Waals surface area contributed by atoms with Crippen molar-refractivity contribution in [3.8, 4) is 11.5 Å². The van der Waals surface area contributed by atoms with Crippen molar-refractivity contribution in [3.05, 3.63) is 89.2 Å². The average molecular weight is 476 g/mol. The number of aryl methyl sites for hydroxylation is 1. The highest BCUT2D eigenvalue weighted by Gasteiger charge is 2.34. The van der Waals surface area contributed by atoms with Gasteiger partial charge in [0.25, 0.3) is 11.8 Å². The maximum atomic E-state index is 14.8. The van der Waals surface area contributed by atoms with E-state index in [-0.39, 0.29) is 29.3 Å². The van der Waals surface area contributed by atoms with E-state index in [1.165, 1.54) is 18.2 Å². The Morgan fingerprint density at radius 1 is 1.23 bits per heavy atom. The number of nitrogens with zero attached hydrogens (tertiary/aromatic N) is 4. The van der Waals surface area contributed by atoms with Gasteiger partial charge in [-0.05, 0) is 56.9 Å². The number of rotatable bonds is 6. The zero-order chi connectivity index (χ0) is 24.6. The average Bonchev–Trinajstić information content (AvgIpc) is 3.60. The Kier molecular flexibility index (Phi) is 5.94. The van der Waals surface area contributed by atoms with E-state index in [0.717, 1.165) is 24.1 Å². The van der Waals surface area contributed by atoms with E-state index >= 15 is 0 Å². The molecule has 2 aromatic heterocycles. The van der Waals surface area contributed by atoms with Crippen molar-refractivity contribution in [3.63, 3.8) is 0 Å². The Balaban J connectivity index is 1.40. The molecule has 1 saturated heterocycles. The lowest BCUT2D eigenvalue weighted by Gasteiger charge is -2.22. The smallest absolute Gasteiger partial charge is 0.254 e. The van der Waals surface area contributed by atoms with E-state index < -0.39 is 11.4 Å². The highest BCUT2D eigenvalue weighted by atomic mass is 19.1. The molecule has 35 heavy (non-hydrogen) atoms. The molecule has 1 amide bonds. The Bertz CT molecular complexity index is 1350. The number of oxazole rings is 1. The molecule has 0 bridgehead atoms. The van der Waals surface area contributed by atoms with Crippen molar-refractivity contribution >= 4 is 5.91 Å². The van der Waals surface area contributed by atoms with Crippen LogP contribution >= 0.6 is 0 Å². The van der Waals surface area contributed by atoms with Crippen LogP contribution in [-0.2, 0) is 12.0 Å². The molecule has 1 unspecified atom stereocenters. The zero-order valence-electron chi connectivity index (χ0n) is 19.6. The van der Waals surface area contributed by atoms with Crippen molar-refractivity contribution < 1.29 is 18.0 Å². The second-order valence-electron chi connectivity index (χ2n) is 9.17. The molecule has 1 fully saturated rings. The Labute approximate surface area is 202 Å². The number of likely N-dealkylation sites (tertiary alicyclic amines) is 1. The van der Waals surface area contributed by atoms with Gasteiger partial charge in [-0.15, -0.1) is 10.2 Å². The Morgan fingerprint density at radius 2 is 2.03 bits per heavy atom. The normalized spacial score (nSPS) is 17.5. The first kappa shape index (κ1) is 22.9. The number of hydrogen-bond acceptors (Lipinski definition) is 7. The highest BCUT2D eigenvalue weighted by Crippen LogP contribution is 2.34. The van der Waals surface area contributed by atoms with Gasteiger partial charge in [-0.3, -0.25) is 4.79 Å². The van der Waals surface area contributed by atoms with Crippen LogP contribution < -0.4 is 5.73 Å². The van der Waals surface area contributed by atoms with Crippen LogP contribution in [0.4, 0.5) is 4.39 Å².